The third-order valence-corrected chi connectivity index (χ3v) is 5.43. The van der Waals surface area contributed by atoms with Crippen LogP contribution < -0.4 is 0 Å². The van der Waals surface area contributed by atoms with Crippen molar-refractivity contribution >= 4 is 0 Å². The molecule has 0 fully saturated rings. The molecule has 0 aliphatic heterocycles. The Morgan fingerprint density at radius 1 is 0.333 bits per heavy atom. The van der Waals surface area contributed by atoms with Gasteiger partial charge < -0.3 is 0 Å². The summed E-state index contributed by atoms with van der Waals surface area (Å²) in [7, 11) is 0. The highest BCUT2D eigenvalue weighted by Crippen LogP contribution is 2.36. The molecular weight excluding hydrogens is 360 g/mol. The Morgan fingerprint density at radius 2 is 0.667 bits per heavy atom. The van der Waals surface area contributed by atoms with E-state index in [0.717, 1.165) is 0 Å². The van der Waals surface area contributed by atoms with E-state index in [4.69, 9.17) is 0 Å². The molecule has 1 radical (unpaired) electrons. The maximum absolute atomic E-state index is 3.38. The van der Waals surface area contributed by atoms with E-state index in [1.807, 2.05) is 0 Å². The minimum atomic E-state index is 1.18. The van der Waals surface area contributed by atoms with Gasteiger partial charge in [-0.3, -0.25) is 0 Å². The molecule has 30 heavy (non-hydrogen) atoms. The molecule has 0 spiro atoms. The largest absolute Gasteiger partial charge is 0.0622 e. The van der Waals surface area contributed by atoms with Gasteiger partial charge in [-0.05, 0) is 68.8 Å². The summed E-state index contributed by atoms with van der Waals surface area (Å²) in [6.07, 6.45) is 0. The summed E-state index contributed by atoms with van der Waals surface area (Å²) < 4.78 is 0. The molecule has 0 aromatic heterocycles. The number of hydrogen-bond acceptors (Lipinski definition) is 0. The summed E-state index contributed by atoms with van der Waals surface area (Å²) in [6.45, 7) is 0. The van der Waals surface area contributed by atoms with E-state index in [9.17, 15) is 0 Å². The molecule has 0 nitrogen and oxygen atoms in total. The molecule has 0 bridgehead atoms. The van der Waals surface area contributed by atoms with Gasteiger partial charge in [0.1, 0.15) is 0 Å². The Labute approximate surface area is 178 Å². The second-order valence-electron chi connectivity index (χ2n) is 7.33. The van der Waals surface area contributed by atoms with Crippen molar-refractivity contribution in [2.75, 3.05) is 0 Å². The summed E-state index contributed by atoms with van der Waals surface area (Å²) in [4.78, 5) is 0. The molecule has 0 N–H and O–H groups in total. The Kier molecular flexibility index (Phi) is 4.98. The lowest BCUT2D eigenvalue weighted by molar-refractivity contribution is 1.55. The van der Waals surface area contributed by atoms with Gasteiger partial charge in [-0.2, -0.15) is 0 Å². The molecule has 0 saturated heterocycles. The zero-order valence-corrected chi connectivity index (χ0v) is 16.6. The molecule has 0 amide bonds. The van der Waals surface area contributed by atoms with Crippen LogP contribution in [0.4, 0.5) is 0 Å². The maximum Gasteiger partial charge on any atom is -0.0105 e. The van der Waals surface area contributed by atoms with E-state index in [-0.39, 0.29) is 0 Å². The Bertz CT molecular complexity index is 1170. The van der Waals surface area contributed by atoms with Crippen molar-refractivity contribution in [3.8, 4) is 44.5 Å². The quantitative estimate of drug-likeness (QED) is 0.294. The van der Waals surface area contributed by atoms with Gasteiger partial charge in [0, 0.05) is 0 Å². The van der Waals surface area contributed by atoms with Crippen LogP contribution in [-0.2, 0) is 0 Å². The maximum atomic E-state index is 3.38. The summed E-state index contributed by atoms with van der Waals surface area (Å²) >= 11 is 0. The monoisotopic (exact) mass is 381 g/mol. The van der Waals surface area contributed by atoms with Crippen LogP contribution in [0.2, 0.25) is 0 Å². The van der Waals surface area contributed by atoms with Crippen molar-refractivity contribution in [3.63, 3.8) is 0 Å². The van der Waals surface area contributed by atoms with Crippen molar-refractivity contribution in [2.24, 2.45) is 0 Å². The second kappa shape index (κ2) is 8.23. The highest BCUT2D eigenvalue weighted by molar-refractivity contribution is 5.88. The fourth-order valence-corrected chi connectivity index (χ4v) is 3.99. The smallest absolute Gasteiger partial charge is 0.0105 e. The second-order valence-corrected chi connectivity index (χ2v) is 7.33. The van der Waals surface area contributed by atoms with Gasteiger partial charge in [0.2, 0.25) is 0 Å². The number of rotatable bonds is 4. The Hall–Kier alpha value is -3.90. The molecule has 0 heterocycles. The molecule has 0 unspecified atom stereocenters. The topological polar surface area (TPSA) is 0 Å². The van der Waals surface area contributed by atoms with Crippen LogP contribution in [0.1, 0.15) is 0 Å². The van der Waals surface area contributed by atoms with Crippen LogP contribution in [0, 0.1) is 6.07 Å². The SMILES string of the molecule is [c]1cc(-c2ccccc2-c2ccccc2)cc(-c2ccccc2-c2ccccc2)c1. The molecule has 141 valence electrons. The van der Waals surface area contributed by atoms with Crippen molar-refractivity contribution < 1.29 is 0 Å². The number of benzene rings is 5. The van der Waals surface area contributed by atoms with E-state index >= 15 is 0 Å². The first-order valence-electron chi connectivity index (χ1n) is 10.2. The summed E-state index contributed by atoms with van der Waals surface area (Å²) in [5.41, 5.74) is 9.72. The van der Waals surface area contributed by atoms with Crippen LogP contribution in [-0.4, -0.2) is 0 Å². The van der Waals surface area contributed by atoms with Gasteiger partial charge in [-0.1, -0.05) is 109 Å². The van der Waals surface area contributed by atoms with Crippen LogP contribution in [0.15, 0.2) is 127 Å². The first-order valence-corrected chi connectivity index (χ1v) is 10.2. The van der Waals surface area contributed by atoms with Crippen molar-refractivity contribution in [1.82, 2.24) is 0 Å². The third kappa shape index (κ3) is 3.56. The average molecular weight is 381 g/mol. The lowest BCUT2D eigenvalue weighted by Gasteiger charge is -2.13. The number of hydrogen-bond donors (Lipinski definition) is 0. The fraction of sp³-hybridized carbons (Fsp3) is 0. The first-order chi connectivity index (χ1) is 14.9. The van der Waals surface area contributed by atoms with Gasteiger partial charge in [-0.25, -0.2) is 0 Å². The van der Waals surface area contributed by atoms with E-state index in [2.05, 4.69) is 133 Å². The molecule has 5 rings (SSSR count). The Balaban J connectivity index is 1.64. The van der Waals surface area contributed by atoms with Crippen molar-refractivity contribution in [2.45, 2.75) is 0 Å². The molecule has 0 aliphatic carbocycles. The van der Waals surface area contributed by atoms with E-state index < -0.39 is 0 Å². The molecule has 0 aliphatic rings. The summed E-state index contributed by atoms with van der Waals surface area (Å²) in [5.74, 6) is 0. The van der Waals surface area contributed by atoms with Gasteiger partial charge in [0.05, 0.1) is 0 Å². The standard InChI is InChI=1S/C30H21/c1-3-12-23(13-4-1)27-18-7-9-20-29(27)25-16-11-17-26(22-25)30-21-10-8-19-28(30)24-14-5-2-6-15-24/h1-10,12-22H. The van der Waals surface area contributed by atoms with Crippen LogP contribution in [0.5, 0.6) is 0 Å². The van der Waals surface area contributed by atoms with Gasteiger partial charge in [0.25, 0.3) is 0 Å². The predicted molar refractivity (Wildman–Crippen MR) is 127 cm³/mol. The normalized spacial score (nSPS) is 10.7. The third-order valence-electron chi connectivity index (χ3n) is 5.43. The lowest BCUT2D eigenvalue weighted by Crippen LogP contribution is -1.88. The zero-order chi connectivity index (χ0) is 20.2. The predicted octanol–water partition coefficient (Wildman–Crippen LogP) is 8.15. The van der Waals surface area contributed by atoms with Gasteiger partial charge >= 0.3 is 0 Å². The molecule has 5 aromatic carbocycles. The van der Waals surface area contributed by atoms with E-state index in [1.165, 1.54) is 44.5 Å². The molecule has 0 saturated carbocycles. The summed E-state index contributed by atoms with van der Waals surface area (Å²) in [6, 6.07) is 48.1. The van der Waals surface area contributed by atoms with Crippen molar-refractivity contribution in [1.29, 1.82) is 0 Å². The average Bonchev–Trinajstić information content (AvgIpc) is 2.85. The summed E-state index contributed by atoms with van der Waals surface area (Å²) in [5, 5.41) is 0. The minimum Gasteiger partial charge on any atom is -0.0622 e. The Morgan fingerprint density at radius 3 is 1.07 bits per heavy atom. The van der Waals surface area contributed by atoms with E-state index in [0.29, 0.717) is 0 Å². The van der Waals surface area contributed by atoms with Crippen LogP contribution in [0.25, 0.3) is 44.5 Å². The molecule has 0 heteroatoms. The molecular formula is C30H21. The highest BCUT2D eigenvalue weighted by Gasteiger charge is 2.10. The lowest BCUT2D eigenvalue weighted by atomic mass is 9.90. The molecule has 0 atom stereocenters. The minimum absolute atomic E-state index is 1.18. The first kappa shape index (κ1) is 18.1. The van der Waals surface area contributed by atoms with Crippen molar-refractivity contribution in [3.05, 3.63) is 133 Å². The van der Waals surface area contributed by atoms with Gasteiger partial charge in [-0.15, -0.1) is 0 Å². The van der Waals surface area contributed by atoms with Crippen LogP contribution >= 0.6 is 0 Å². The van der Waals surface area contributed by atoms with Gasteiger partial charge in [0.15, 0.2) is 0 Å². The zero-order valence-electron chi connectivity index (χ0n) is 16.6. The van der Waals surface area contributed by atoms with E-state index in [1.54, 1.807) is 0 Å². The highest BCUT2D eigenvalue weighted by atomic mass is 14.1. The van der Waals surface area contributed by atoms with Crippen LogP contribution in [0.3, 0.4) is 0 Å². The molecule has 5 aromatic rings. The fourth-order valence-electron chi connectivity index (χ4n) is 3.99.